The van der Waals surface area contributed by atoms with Crippen LogP contribution >= 0.6 is 15.9 Å². The second-order valence-corrected chi connectivity index (χ2v) is 7.37. The number of carbonyl (C=O) groups excluding carboxylic acids is 1. The van der Waals surface area contributed by atoms with Crippen LogP contribution in [-0.2, 0) is 11.2 Å². The molecule has 1 aromatic heterocycles. The summed E-state index contributed by atoms with van der Waals surface area (Å²) in [7, 11) is 0. The van der Waals surface area contributed by atoms with E-state index in [-0.39, 0.29) is 12.6 Å². The SMILES string of the molecule is CC(C)(C)OC(=O)N1CCC(O)(Cc2ccncc2Br)C1. The van der Waals surface area contributed by atoms with Crippen LogP contribution in [0.25, 0.3) is 0 Å². The maximum atomic E-state index is 12.0. The van der Waals surface area contributed by atoms with Gasteiger partial charge < -0.3 is 14.7 Å². The van der Waals surface area contributed by atoms with E-state index in [1.807, 2.05) is 26.8 Å². The third-order valence-corrected chi connectivity index (χ3v) is 4.07. The lowest BCUT2D eigenvalue weighted by Gasteiger charge is -2.26. The van der Waals surface area contributed by atoms with Gasteiger partial charge >= 0.3 is 6.09 Å². The molecular formula is C15H21BrN2O3. The van der Waals surface area contributed by atoms with Gasteiger partial charge in [-0.3, -0.25) is 4.98 Å². The van der Waals surface area contributed by atoms with Crippen LogP contribution in [0.1, 0.15) is 32.8 Å². The molecule has 1 aromatic rings. The standard InChI is InChI=1S/C15H21BrN2O3/c1-14(2,3)21-13(19)18-7-5-15(20,10-18)8-11-4-6-17-9-12(11)16/h4,6,9,20H,5,7-8,10H2,1-3H3. The predicted molar refractivity (Wildman–Crippen MR) is 83.0 cm³/mol. The summed E-state index contributed by atoms with van der Waals surface area (Å²) in [6.45, 7) is 6.30. The van der Waals surface area contributed by atoms with Crippen molar-refractivity contribution in [3.8, 4) is 0 Å². The number of ether oxygens (including phenoxy) is 1. The van der Waals surface area contributed by atoms with Crippen molar-refractivity contribution in [2.24, 2.45) is 0 Å². The Bertz CT molecular complexity index is 530. The van der Waals surface area contributed by atoms with E-state index in [9.17, 15) is 9.90 Å². The maximum Gasteiger partial charge on any atom is 0.410 e. The highest BCUT2D eigenvalue weighted by atomic mass is 79.9. The molecule has 0 aromatic carbocycles. The zero-order valence-electron chi connectivity index (χ0n) is 12.6. The Morgan fingerprint density at radius 1 is 1.57 bits per heavy atom. The average molecular weight is 357 g/mol. The minimum Gasteiger partial charge on any atom is -0.444 e. The van der Waals surface area contributed by atoms with Gasteiger partial charge in [0.15, 0.2) is 0 Å². The first kappa shape index (κ1) is 16.2. The first-order valence-electron chi connectivity index (χ1n) is 6.97. The number of aromatic nitrogens is 1. The third-order valence-electron chi connectivity index (χ3n) is 3.36. The zero-order valence-corrected chi connectivity index (χ0v) is 14.2. The van der Waals surface area contributed by atoms with Gasteiger partial charge in [0, 0.05) is 29.8 Å². The van der Waals surface area contributed by atoms with E-state index in [1.54, 1.807) is 17.3 Å². The summed E-state index contributed by atoms with van der Waals surface area (Å²) in [6, 6.07) is 1.87. The maximum absolute atomic E-state index is 12.0. The molecule has 0 spiro atoms. The molecule has 2 rings (SSSR count). The Balaban J connectivity index is 2.00. The van der Waals surface area contributed by atoms with Crippen molar-refractivity contribution in [3.05, 3.63) is 28.5 Å². The van der Waals surface area contributed by atoms with Crippen molar-refractivity contribution in [2.75, 3.05) is 13.1 Å². The van der Waals surface area contributed by atoms with E-state index < -0.39 is 11.2 Å². The van der Waals surface area contributed by atoms with Crippen molar-refractivity contribution in [1.29, 1.82) is 0 Å². The van der Waals surface area contributed by atoms with Crippen molar-refractivity contribution < 1.29 is 14.6 Å². The van der Waals surface area contributed by atoms with Crippen LogP contribution in [0.2, 0.25) is 0 Å². The van der Waals surface area contributed by atoms with Crippen LogP contribution in [0.5, 0.6) is 0 Å². The van der Waals surface area contributed by atoms with Gasteiger partial charge in [-0.25, -0.2) is 4.79 Å². The van der Waals surface area contributed by atoms with Crippen molar-refractivity contribution in [1.82, 2.24) is 9.88 Å². The second kappa shape index (κ2) is 5.93. The number of pyridine rings is 1. The van der Waals surface area contributed by atoms with Gasteiger partial charge in [0.25, 0.3) is 0 Å². The largest absolute Gasteiger partial charge is 0.444 e. The normalized spacial score (nSPS) is 22.4. The number of amides is 1. The fourth-order valence-electron chi connectivity index (χ4n) is 2.38. The monoisotopic (exact) mass is 356 g/mol. The molecule has 1 saturated heterocycles. The summed E-state index contributed by atoms with van der Waals surface area (Å²) in [6.07, 6.45) is 4.06. The van der Waals surface area contributed by atoms with Gasteiger partial charge in [0.05, 0.1) is 12.1 Å². The number of aliphatic hydroxyl groups is 1. The molecule has 1 aliphatic rings. The van der Waals surface area contributed by atoms with Crippen LogP contribution in [0, 0.1) is 0 Å². The fraction of sp³-hybridized carbons (Fsp3) is 0.600. The number of likely N-dealkylation sites (tertiary alicyclic amines) is 1. The summed E-state index contributed by atoms with van der Waals surface area (Å²) in [5.74, 6) is 0. The van der Waals surface area contributed by atoms with E-state index >= 15 is 0 Å². The fourth-order valence-corrected chi connectivity index (χ4v) is 2.78. The lowest BCUT2D eigenvalue weighted by Crippen LogP contribution is -2.40. The highest BCUT2D eigenvalue weighted by Gasteiger charge is 2.40. The molecule has 6 heteroatoms. The number of nitrogens with zero attached hydrogens (tertiary/aromatic N) is 2. The summed E-state index contributed by atoms with van der Waals surface area (Å²) >= 11 is 3.43. The Labute approximate surface area is 133 Å². The molecular weight excluding hydrogens is 336 g/mol. The van der Waals surface area contributed by atoms with E-state index in [1.165, 1.54) is 0 Å². The van der Waals surface area contributed by atoms with Gasteiger partial charge in [0.2, 0.25) is 0 Å². The van der Waals surface area contributed by atoms with E-state index in [0.717, 1.165) is 10.0 Å². The van der Waals surface area contributed by atoms with Gasteiger partial charge in [-0.1, -0.05) is 0 Å². The minimum absolute atomic E-state index is 0.288. The molecule has 1 fully saturated rings. The number of carbonyl (C=O) groups is 1. The van der Waals surface area contributed by atoms with E-state index in [2.05, 4.69) is 20.9 Å². The highest BCUT2D eigenvalue weighted by Crippen LogP contribution is 2.29. The molecule has 21 heavy (non-hydrogen) atoms. The van der Waals surface area contributed by atoms with Crippen LogP contribution in [0.3, 0.4) is 0 Å². The lowest BCUT2D eigenvalue weighted by molar-refractivity contribution is 0.0152. The molecule has 116 valence electrons. The summed E-state index contributed by atoms with van der Waals surface area (Å²) in [5.41, 5.74) is -0.453. The Kier molecular flexibility index (Phi) is 4.58. The zero-order chi connectivity index (χ0) is 15.7. The molecule has 2 heterocycles. The van der Waals surface area contributed by atoms with Gasteiger partial charge in [-0.2, -0.15) is 0 Å². The van der Waals surface area contributed by atoms with E-state index in [0.29, 0.717) is 19.4 Å². The third kappa shape index (κ3) is 4.41. The van der Waals surface area contributed by atoms with Gasteiger partial charge in [0.1, 0.15) is 5.60 Å². The molecule has 1 N–H and O–H groups in total. The molecule has 1 aliphatic heterocycles. The van der Waals surface area contributed by atoms with E-state index in [4.69, 9.17) is 4.74 Å². The van der Waals surface area contributed by atoms with Crippen LogP contribution in [0.4, 0.5) is 4.79 Å². The topological polar surface area (TPSA) is 62.7 Å². The van der Waals surface area contributed by atoms with Crippen LogP contribution < -0.4 is 0 Å². The second-order valence-electron chi connectivity index (χ2n) is 6.52. The van der Waals surface area contributed by atoms with Crippen molar-refractivity contribution in [2.45, 2.75) is 44.8 Å². The number of hydrogen-bond donors (Lipinski definition) is 1. The number of halogens is 1. The predicted octanol–water partition coefficient (Wildman–Crippen LogP) is 2.76. The summed E-state index contributed by atoms with van der Waals surface area (Å²) in [5, 5.41) is 10.7. The Morgan fingerprint density at radius 3 is 2.90 bits per heavy atom. The Morgan fingerprint density at radius 2 is 2.29 bits per heavy atom. The lowest BCUT2D eigenvalue weighted by atomic mass is 9.94. The number of hydrogen-bond acceptors (Lipinski definition) is 4. The molecule has 5 nitrogen and oxygen atoms in total. The van der Waals surface area contributed by atoms with Crippen LogP contribution in [-0.4, -0.2) is 45.4 Å². The molecule has 1 unspecified atom stereocenters. The van der Waals surface area contributed by atoms with Crippen molar-refractivity contribution >= 4 is 22.0 Å². The summed E-state index contributed by atoms with van der Waals surface area (Å²) in [4.78, 5) is 17.6. The minimum atomic E-state index is -0.916. The quantitative estimate of drug-likeness (QED) is 0.884. The van der Waals surface area contributed by atoms with Gasteiger partial charge in [-0.05, 0) is 54.8 Å². The first-order valence-corrected chi connectivity index (χ1v) is 7.77. The highest BCUT2D eigenvalue weighted by molar-refractivity contribution is 9.10. The number of rotatable bonds is 2. The van der Waals surface area contributed by atoms with Crippen LogP contribution in [0.15, 0.2) is 22.9 Å². The Hall–Kier alpha value is -1.14. The summed E-state index contributed by atoms with van der Waals surface area (Å²) < 4.78 is 6.22. The molecule has 0 bridgehead atoms. The smallest absolute Gasteiger partial charge is 0.410 e. The average Bonchev–Trinajstić information content (AvgIpc) is 2.73. The number of β-amino-alcohol motifs (C(OH)–C–C–N with tert-alkyl or cyclic N) is 1. The molecule has 1 amide bonds. The molecule has 0 aliphatic carbocycles. The molecule has 1 atom stereocenters. The first-order chi connectivity index (χ1) is 9.69. The molecule has 0 radical (unpaired) electrons. The molecule has 0 saturated carbocycles. The van der Waals surface area contributed by atoms with Gasteiger partial charge in [-0.15, -0.1) is 0 Å². The van der Waals surface area contributed by atoms with Crippen molar-refractivity contribution in [3.63, 3.8) is 0 Å².